The molecule has 0 saturated heterocycles. The molecule has 0 aliphatic carbocycles. The van der Waals surface area contributed by atoms with Crippen molar-refractivity contribution >= 4 is 6.29 Å². The van der Waals surface area contributed by atoms with Gasteiger partial charge in [0.1, 0.15) is 6.29 Å². The zero-order valence-electron chi connectivity index (χ0n) is 7.55. The van der Waals surface area contributed by atoms with Gasteiger partial charge in [-0.25, -0.2) is 0 Å². The fourth-order valence-electron chi connectivity index (χ4n) is 0.573. The fraction of sp³-hybridized carbons (Fsp3) is 0.500. The molecule has 0 radical (unpaired) electrons. The van der Waals surface area contributed by atoms with Crippen LogP contribution in [-0.2, 0) is 4.79 Å². The van der Waals surface area contributed by atoms with Crippen LogP contribution in [0.15, 0.2) is 24.3 Å². The van der Waals surface area contributed by atoms with Gasteiger partial charge >= 0.3 is 0 Å². The second-order valence-electron chi connectivity index (χ2n) is 3.16. The summed E-state index contributed by atoms with van der Waals surface area (Å²) in [6.45, 7) is 9.55. The molecule has 0 aliphatic heterocycles. The number of aldehydes is 1. The first-order valence-electron chi connectivity index (χ1n) is 3.85. The molecule has 0 N–H and O–H groups in total. The van der Waals surface area contributed by atoms with Gasteiger partial charge in [0.25, 0.3) is 0 Å². The van der Waals surface area contributed by atoms with Gasteiger partial charge in [-0.15, -0.1) is 0 Å². The molecule has 1 atom stereocenters. The van der Waals surface area contributed by atoms with E-state index in [1.54, 1.807) is 0 Å². The van der Waals surface area contributed by atoms with Crippen molar-refractivity contribution in [2.75, 3.05) is 0 Å². The quantitative estimate of drug-likeness (QED) is 0.447. The number of carbonyl (C=O) groups excluding carboxylic acids is 1. The Balaban J connectivity index is 4.29. The number of hydrogen-bond acceptors (Lipinski definition) is 1. The van der Waals surface area contributed by atoms with Crippen molar-refractivity contribution in [2.24, 2.45) is 5.41 Å². The molecule has 0 saturated carbocycles. The average Bonchev–Trinajstić information content (AvgIpc) is 2.00. The van der Waals surface area contributed by atoms with Crippen molar-refractivity contribution in [1.29, 1.82) is 0 Å². The highest BCUT2D eigenvalue weighted by Crippen LogP contribution is 2.19. The summed E-state index contributed by atoms with van der Waals surface area (Å²) >= 11 is 0. The highest BCUT2D eigenvalue weighted by atomic mass is 16.1. The Kier molecular flexibility index (Phi) is 3.80. The third kappa shape index (κ3) is 3.76. The molecule has 0 aromatic carbocycles. The van der Waals surface area contributed by atoms with E-state index in [2.05, 4.69) is 6.58 Å². The number of hydrogen-bond donors (Lipinski definition) is 0. The van der Waals surface area contributed by atoms with E-state index in [1.807, 2.05) is 32.9 Å². The molecule has 11 heavy (non-hydrogen) atoms. The van der Waals surface area contributed by atoms with E-state index in [9.17, 15) is 4.79 Å². The van der Waals surface area contributed by atoms with Crippen molar-refractivity contribution in [1.82, 2.24) is 0 Å². The smallest absolute Gasteiger partial charge is 0.129 e. The Bertz CT molecular complexity index is 179. The van der Waals surface area contributed by atoms with Gasteiger partial charge in [0.15, 0.2) is 0 Å². The van der Waals surface area contributed by atoms with E-state index in [1.165, 1.54) is 0 Å². The Morgan fingerprint density at radius 2 is 2.18 bits per heavy atom. The minimum atomic E-state index is -0.307. The number of carbonyl (C=O) groups is 1. The topological polar surface area (TPSA) is 17.1 Å². The van der Waals surface area contributed by atoms with Crippen LogP contribution >= 0.6 is 0 Å². The van der Waals surface area contributed by atoms with E-state index in [0.717, 1.165) is 18.3 Å². The lowest BCUT2D eigenvalue weighted by Crippen LogP contribution is -2.12. The summed E-state index contributed by atoms with van der Waals surface area (Å²) in [4.78, 5) is 10.6. The molecular weight excluding hydrogens is 136 g/mol. The van der Waals surface area contributed by atoms with Gasteiger partial charge in [-0.2, -0.15) is 0 Å². The lowest BCUT2D eigenvalue weighted by atomic mass is 9.89. The molecule has 0 unspecified atom stereocenters. The zero-order valence-corrected chi connectivity index (χ0v) is 7.55. The molecule has 0 rings (SSSR count). The van der Waals surface area contributed by atoms with Crippen LogP contribution in [0.25, 0.3) is 0 Å². The maximum Gasteiger partial charge on any atom is 0.129 e. The van der Waals surface area contributed by atoms with Crippen LogP contribution in [0.5, 0.6) is 0 Å². The largest absolute Gasteiger partial charge is 0.302 e. The first-order chi connectivity index (χ1) is 5.04. The third-order valence-corrected chi connectivity index (χ3v) is 1.78. The maximum atomic E-state index is 10.6. The number of allylic oxidation sites excluding steroid dienone is 3. The van der Waals surface area contributed by atoms with Crippen LogP contribution in [0.1, 0.15) is 27.2 Å². The summed E-state index contributed by atoms with van der Waals surface area (Å²) in [5.41, 5.74) is 0.672. The second kappa shape index (κ2) is 4.12. The Hall–Kier alpha value is -0.850. The van der Waals surface area contributed by atoms with Gasteiger partial charge in [0.2, 0.25) is 0 Å². The molecule has 1 nitrogen and oxygen atoms in total. The lowest BCUT2D eigenvalue weighted by molar-refractivity contribution is -0.113. The molecule has 0 fully saturated rings. The van der Waals surface area contributed by atoms with E-state index in [0.29, 0.717) is 0 Å². The maximum absolute atomic E-state index is 10.6. The van der Waals surface area contributed by atoms with E-state index in [-0.39, 0.29) is 5.41 Å². The van der Waals surface area contributed by atoms with E-state index in [4.69, 9.17) is 0 Å². The highest BCUT2D eigenvalue weighted by Gasteiger charge is 2.15. The predicted molar refractivity (Wildman–Crippen MR) is 48.4 cm³/mol. The highest BCUT2D eigenvalue weighted by molar-refractivity contribution is 5.62. The monoisotopic (exact) mass is 152 g/mol. The van der Waals surface area contributed by atoms with Crippen LogP contribution in [0.4, 0.5) is 0 Å². The van der Waals surface area contributed by atoms with Crippen molar-refractivity contribution < 1.29 is 4.79 Å². The predicted octanol–water partition coefficient (Wildman–Crippen LogP) is 2.73. The van der Waals surface area contributed by atoms with Crippen molar-refractivity contribution in [3.8, 4) is 0 Å². The first-order valence-corrected chi connectivity index (χ1v) is 3.85. The van der Waals surface area contributed by atoms with Gasteiger partial charge in [-0.3, -0.25) is 0 Å². The zero-order chi connectivity index (χ0) is 8.91. The normalized spacial score (nSPS) is 16.3. The Morgan fingerprint density at radius 3 is 2.45 bits per heavy atom. The molecule has 0 bridgehead atoms. The standard InChI is InChI=1S/C10H16O/c1-5-10(4,8-11)7-6-9(2)3/h6-8H,2,5H2,1,3-4H3/b7-6+/t10-/m0/s1. The lowest BCUT2D eigenvalue weighted by Gasteiger charge is -2.14. The second-order valence-corrected chi connectivity index (χ2v) is 3.16. The molecule has 0 amide bonds. The molecular formula is C10H16O. The van der Waals surface area contributed by atoms with Crippen molar-refractivity contribution in [3.63, 3.8) is 0 Å². The molecule has 0 aromatic rings. The first kappa shape index (κ1) is 10.2. The van der Waals surface area contributed by atoms with Crippen molar-refractivity contribution in [2.45, 2.75) is 27.2 Å². The van der Waals surface area contributed by atoms with E-state index >= 15 is 0 Å². The molecule has 1 heteroatoms. The Labute approximate surface area is 68.8 Å². The summed E-state index contributed by atoms with van der Waals surface area (Å²) < 4.78 is 0. The molecule has 62 valence electrons. The van der Waals surface area contributed by atoms with Crippen LogP contribution in [0, 0.1) is 5.41 Å². The van der Waals surface area contributed by atoms with Gasteiger partial charge in [-0.05, 0) is 20.3 Å². The van der Waals surface area contributed by atoms with Gasteiger partial charge in [-0.1, -0.05) is 31.2 Å². The molecule has 0 aromatic heterocycles. The van der Waals surface area contributed by atoms with Gasteiger partial charge < -0.3 is 4.79 Å². The molecule has 0 heterocycles. The SMILES string of the molecule is C=C(C)/C=C/[C@@](C)(C=O)CC. The van der Waals surface area contributed by atoms with Gasteiger partial charge in [0.05, 0.1) is 0 Å². The molecule has 0 aliphatic rings. The van der Waals surface area contributed by atoms with E-state index < -0.39 is 0 Å². The summed E-state index contributed by atoms with van der Waals surface area (Å²) in [5.74, 6) is 0. The minimum Gasteiger partial charge on any atom is -0.302 e. The summed E-state index contributed by atoms with van der Waals surface area (Å²) in [7, 11) is 0. The number of rotatable bonds is 4. The third-order valence-electron chi connectivity index (χ3n) is 1.78. The minimum absolute atomic E-state index is 0.307. The van der Waals surface area contributed by atoms with Crippen molar-refractivity contribution in [3.05, 3.63) is 24.3 Å². The fourth-order valence-corrected chi connectivity index (χ4v) is 0.573. The Morgan fingerprint density at radius 1 is 1.64 bits per heavy atom. The van der Waals surface area contributed by atoms with Crippen LogP contribution in [-0.4, -0.2) is 6.29 Å². The van der Waals surface area contributed by atoms with Crippen LogP contribution in [0.2, 0.25) is 0 Å². The van der Waals surface area contributed by atoms with Gasteiger partial charge in [0, 0.05) is 5.41 Å². The summed E-state index contributed by atoms with van der Waals surface area (Å²) in [5, 5.41) is 0. The van der Waals surface area contributed by atoms with Crippen LogP contribution < -0.4 is 0 Å². The summed E-state index contributed by atoms with van der Waals surface area (Å²) in [6, 6.07) is 0. The summed E-state index contributed by atoms with van der Waals surface area (Å²) in [6.07, 6.45) is 5.60. The van der Waals surface area contributed by atoms with Crippen LogP contribution in [0.3, 0.4) is 0 Å². The molecule has 0 spiro atoms. The average molecular weight is 152 g/mol.